The van der Waals surface area contributed by atoms with Gasteiger partial charge in [0.25, 0.3) is 0 Å². The Labute approximate surface area is 210 Å². The lowest BCUT2D eigenvalue weighted by Crippen LogP contribution is -2.33. The van der Waals surface area contributed by atoms with Gasteiger partial charge in [-0.15, -0.1) is 0 Å². The molecule has 0 radical (unpaired) electrons. The van der Waals surface area contributed by atoms with Gasteiger partial charge in [-0.1, -0.05) is 25.5 Å². The van der Waals surface area contributed by atoms with Crippen molar-refractivity contribution in [2.45, 2.75) is 68.6 Å². The smallest absolute Gasteiger partial charge is 0.240 e. The molecule has 5 N–H and O–H groups in total. The summed E-state index contributed by atoms with van der Waals surface area (Å²) >= 11 is 0. The van der Waals surface area contributed by atoms with E-state index < -0.39 is 22.7 Å². The van der Waals surface area contributed by atoms with Crippen molar-refractivity contribution in [2.75, 3.05) is 25.0 Å². The number of nitrogens with one attached hydrogen (secondary N) is 2. The van der Waals surface area contributed by atoms with Crippen LogP contribution in [0.3, 0.4) is 0 Å². The summed E-state index contributed by atoms with van der Waals surface area (Å²) in [4.78, 5) is 9.28. The molecule has 12 heteroatoms. The van der Waals surface area contributed by atoms with Crippen LogP contribution in [-0.2, 0) is 10.0 Å². The Balaban J connectivity index is 1.66. The van der Waals surface area contributed by atoms with Crippen LogP contribution in [0, 0.1) is 0 Å². The molecule has 1 unspecified atom stereocenters. The molecule has 2 heterocycles. The van der Waals surface area contributed by atoms with Crippen molar-refractivity contribution in [3.63, 3.8) is 0 Å². The molecular formula is C24H34N6O5S. The first kappa shape index (κ1) is 26.4. The molecule has 36 heavy (non-hydrogen) atoms. The molecule has 2 aromatic heterocycles. The summed E-state index contributed by atoms with van der Waals surface area (Å²) in [5, 5.41) is 37.2. The molecule has 0 amide bonds. The normalized spacial score (nSPS) is 19.4. The molecule has 1 fully saturated rings. The Morgan fingerprint density at radius 1 is 1.17 bits per heavy atom. The standard InChI is InChI=1S/C24H34N6O5S/c1-2-3-12-25-24-26-14-21-22(29-30(23(21)28-24)17-6-8-18(32)9-7-17)16-4-10-20(11-5-16)36(34,35)27-13-19(33)15-31/h4-5,10-11,14,17-19,27,31-33H,2-3,6-9,12-13,15H2,1H3,(H,25,26,28). The third-order valence-corrected chi connectivity index (χ3v) is 7.87. The first-order valence-corrected chi connectivity index (χ1v) is 13.9. The maximum atomic E-state index is 12.5. The monoisotopic (exact) mass is 518 g/mol. The molecule has 0 spiro atoms. The molecule has 0 saturated heterocycles. The fourth-order valence-corrected chi connectivity index (χ4v) is 5.37. The van der Waals surface area contributed by atoms with Crippen molar-refractivity contribution in [3.05, 3.63) is 30.5 Å². The zero-order chi connectivity index (χ0) is 25.7. The van der Waals surface area contributed by atoms with Gasteiger partial charge in [0.2, 0.25) is 16.0 Å². The van der Waals surface area contributed by atoms with Gasteiger partial charge in [-0.2, -0.15) is 10.1 Å². The van der Waals surface area contributed by atoms with E-state index >= 15 is 0 Å². The molecule has 0 aliphatic heterocycles. The molecule has 1 saturated carbocycles. The first-order chi connectivity index (χ1) is 17.3. The molecule has 0 bridgehead atoms. The predicted molar refractivity (Wildman–Crippen MR) is 136 cm³/mol. The predicted octanol–water partition coefficient (Wildman–Crippen LogP) is 1.81. The number of nitrogens with zero attached hydrogens (tertiary/aromatic N) is 4. The van der Waals surface area contributed by atoms with Crippen molar-refractivity contribution in [3.8, 4) is 11.3 Å². The molecule has 4 rings (SSSR count). The molecular weight excluding hydrogens is 484 g/mol. The summed E-state index contributed by atoms with van der Waals surface area (Å²) in [5.41, 5.74) is 2.08. The lowest BCUT2D eigenvalue weighted by Gasteiger charge is -2.25. The van der Waals surface area contributed by atoms with Gasteiger partial charge in [-0.05, 0) is 44.2 Å². The van der Waals surface area contributed by atoms with Gasteiger partial charge in [0, 0.05) is 24.8 Å². The Kier molecular flexibility index (Phi) is 8.52. The summed E-state index contributed by atoms with van der Waals surface area (Å²) in [6.45, 7) is 2.08. The Bertz CT molecular complexity index is 1260. The molecule has 1 aliphatic rings. The molecule has 3 aromatic rings. The van der Waals surface area contributed by atoms with Gasteiger partial charge in [-0.3, -0.25) is 0 Å². The van der Waals surface area contributed by atoms with Gasteiger partial charge < -0.3 is 20.6 Å². The van der Waals surface area contributed by atoms with Crippen molar-refractivity contribution in [1.82, 2.24) is 24.5 Å². The fraction of sp³-hybridized carbons (Fsp3) is 0.542. The highest BCUT2D eigenvalue weighted by atomic mass is 32.2. The van der Waals surface area contributed by atoms with Gasteiger partial charge in [0.1, 0.15) is 5.69 Å². The molecule has 1 aromatic carbocycles. The Hall–Kier alpha value is -2.64. The number of fused-ring (bicyclic) bond motifs is 1. The molecule has 11 nitrogen and oxygen atoms in total. The summed E-state index contributed by atoms with van der Waals surface area (Å²) in [7, 11) is -3.84. The minimum atomic E-state index is -3.84. The largest absolute Gasteiger partial charge is 0.394 e. The van der Waals surface area contributed by atoms with Crippen LogP contribution < -0.4 is 10.0 Å². The van der Waals surface area contributed by atoms with Crippen LogP contribution in [-0.4, -0.2) is 75.4 Å². The van der Waals surface area contributed by atoms with E-state index in [1.54, 1.807) is 18.3 Å². The van der Waals surface area contributed by atoms with Crippen molar-refractivity contribution in [1.29, 1.82) is 0 Å². The lowest BCUT2D eigenvalue weighted by atomic mass is 9.93. The van der Waals surface area contributed by atoms with E-state index in [9.17, 15) is 18.6 Å². The van der Waals surface area contributed by atoms with Crippen molar-refractivity contribution in [2.24, 2.45) is 0 Å². The quantitative estimate of drug-likeness (QED) is 0.238. The third kappa shape index (κ3) is 6.01. The fourth-order valence-electron chi connectivity index (χ4n) is 4.30. The Morgan fingerprint density at radius 2 is 1.89 bits per heavy atom. The molecule has 1 aliphatic carbocycles. The topological polar surface area (TPSA) is 162 Å². The summed E-state index contributed by atoms with van der Waals surface area (Å²) in [6, 6.07) is 6.42. The highest BCUT2D eigenvalue weighted by Crippen LogP contribution is 2.34. The number of aromatic nitrogens is 4. The number of rotatable bonds is 11. The van der Waals surface area contributed by atoms with E-state index in [-0.39, 0.29) is 23.6 Å². The number of aliphatic hydroxyl groups is 3. The van der Waals surface area contributed by atoms with Crippen LogP contribution in [0.4, 0.5) is 5.95 Å². The number of unbranched alkanes of at least 4 members (excludes halogenated alkanes) is 1. The number of hydrogen-bond donors (Lipinski definition) is 5. The van der Waals surface area contributed by atoms with E-state index in [1.807, 2.05) is 4.68 Å². The lowest BCUT2D eigenvalue weighted by molar-refractivity contribution is 0.0988. The number of hydrogen-bond acceptors (Lipinski definition) is 9. The summed E-state index contributed by atoms with van der Waals surface area (Å²) < 4.78 is 29.3. The van der Waals surface area contributed by atoms with Gasteiger partial charge in [-0.25, -0.2) is 22.8 Å². The SMILES string of the molecule is CCCCNc1ncc2c(-c3ccc(S(=O)(=O)NCC(O)CO)cc3)nn(C3CCC(O)CC3)c2n1. The number of aliphatic hydroxyl groups excluding tert-OH is 3. The number of benzene rings is 1. The minimum Gasteiger partial charge on any atom is -0.394 e. The van der Waals surface area contributed by atoms with Gasteiger partial charge in [0.15, 0.2) is 5.65 Å². The average Bonchev–Trinajstić information content (AvgIpc) is 3.27. The van der Waals surface area contributed by atoms with Crippen LogP contribution in [0.25, 0.3) is 22.3 Å². The van der Waals surface area contributed by atoms with Crippen LogP contribution in [0.5, 0.6) is 0 Å². The maximum Gasteiger partial charge on any atom is 0.240 e. The second kappa shape index (κ2) is 11.6. The average molecular weight is 519 g/mol. The third-order valence-electron chi connectivity index (χ3n) is 6.43. The zero-order valence-corrected chi connectivity index (χ0v) is 21.2. The second-order valence-electron chi connectivity index (χ2n) is 9.18. The molecule has 196 valence electrons. The highest BCUT2D eigenvalue weighted by Gasteiger charge is 2.26. The summed E-state index contributed by atoms with van der Waals surface area (Å²) in [5.74, 6) is 0.539. The Morgan fingerprint density at radius 3 is 2.56 bits per heavy atom. The van der Waals surface area contributed by atoms with Crippen LogP contribution in [0.1, 0.15) is 51.5 Å². The van der Waals surface area contributed by atoms with E-state index in [4.69, 9.17) is 15.2 Å². The summed E-state index contributed by atoms with van der Waals surface area (Å²) in [6.07, 6.45) is 5.36. The second-order valence-corrected chi connectivity index (χ2v) is 10.9. The van der Waals surface area contributed by atoms with Crippen LogP contribution in [0.15, 0.2) is 35.4 Å². The van der Waals surface area contributed by atoms with Crippen LogP contribution >= 0.6 is 0 Å². The molecule has 1 atom stereocenters. The highest BCUT2D eigenvalue weighted by molar-refractivity contribution is 7.89. The van der Waals surface area contributed by atoms with Gasteiger partial charge in [0.05, 0.1) is 35.1 Å². The van der Waals surface area contributed by atoms with Crippen LogP contribution in [0.2, 0.25) is 0 Å². The van der Waals surface area contributed by atoms with E-state index in [1.165, 1.54) is 12.1 Å². The van der Waals surface area contributed by atoms with E-state index in [2.05, 4.69) is 21.9 Å². The van der Waals surface area contributed by atoms with E-state index in [0.717, 1.165) is 43.2 Å². The van der Waals surface area contributed by atoms with Crippen molar-refractivity contribution >= 4 is 27.0 Å². The van der Waals surface area contributed by atoms with Gasteiger partial charge >= 0.3 is 0 Å². The van der Waals surface area contributed by atoms with E-state index in [0.29, 0.717) is 30.1 Å². The first-order valence-electron chi connectivity index (χ1n) is 12.4. The van der Waals surface area contributed by atoms with Crippen molar-refractivity contribution < 1.29 is 23.7 Å². The minimum absolute atomic E-state index is 0.0417. The number of anilines is 1. The maximum absolute atomic E-state index is 12.5. The number of sulfonamides is 1. The zero-order valence-electron chi connectivity index (χ0n) is 20.3.